The first kappa shape index (κ1) is 17.1. The topological polar surface area (TPSA) is 119 Å². The van der Waals surface area contributed by atoms with Crippen LogP contribution >= 0.6 is 0 Å². The van der Waals surface area contributed by atoms with Gasteiger partial charge in [-0.25, -0.2) is 0 Å². The Hall–Kier alpha value is -2.72. The molecular weight excluding hydrogens is 322 g/mol. The van der Waals surface area contributed by atoms with E-state index in [-0.39, 0.29) is 16.9 Å². The maximum atomic E-state index is 12.8. The van der Waals surface area contributed by atoms with Crippen LogP contribution in [0.4, 0.5) is 5.69 Å². The van der Waals surface area contributed by atoms with Crippen molar-refractivity contribution in [3.8, 4) is 6.07 Å². The molecule has 1 aromatic carbocycles. The smallest absolute Gasteiger partial charge is 0.269 e. The van der Waals surface area contributed by atoms with Gasteiger partial charge in [0.1, 0.15) is 17.5 Å². The van der Waals surface area contributed by atoms with Crippen LogP contribution in [0.2, 0.25) is 0 Å². The van der Waals surface area contributed by atoms with E-state index in [4.69, 9.17) is 10.5 Å². The molecule has 7 nitrogen and oxygen atoms in total. The van der Waals surface area contributed by atoms with Gasteiger partial charge in [-0.05, 0) is 17.1 Å². The van der Waals surface area contributed by atoms with Crippen LogP contribution in [-0.4, -0.2) is 16.9 Å². The highest BCUT2D eigenvalue weighted by molar-refractivity contribution is 5.87. The number of ether oxygens (including phenoxy) is 1. The van der Waals surface area contributed by atoms with Crippen LogP contribution in [0.5, 0.6) is 0 Å². The highest BCUT2D eigenvalue weighted by atomic mass is 16.6. The van der Waals surface area contributed by atoms with Gasteiger partial charge in [0.15, 0.2) is 6.23 Å². The number of hydrogen-bond donors (Lipinski definition) is 1. The summed E-state index contributed by atoms with van der Waals surface area (Å²) < 4.78 is 5.70. The van der Waals surface area contributed by atoms with Crippen molar-refractivity contribution in [2.45, 2.75) is 32.4 Å². The minimum atomic E-state index is -0.852. The van der Waals surface area contributed by atoms with Gasteiger partial charge in [0, 0.05) is 24.5 Å². The number of fused-ring (bicyclic) bond motifs is 1. The molecule has 1 saturated heterocycles. The Morgan fingerprint density at radius 1 is 1.36 bits per heavy atom. The zero-order valence-corrected chi connectivity index (χ0v) is 14.0. The molecule has 0 bridgehead atoms. The SMILES string of the molecule is CC1(C)C=C2OC(N)C(C#N)C(c3ccc([N+](=O)[O-])cc3)C2C(=O)C1. The van der Waals surface area contributed by atoms with Gasteiger partial charge in [0.2, 0.25) is 0 Å². The molecule has 1 fully saturated rings. The molecule has 0 amide bonds. The number of carbonyl (C=O) groups excluding carboxylic acids is 1. The van der Waals surface area contributed by atoms with Crippen molar-refractivity contribution in [2.75, 3.05) is 0 Å². The molecule has 2 aliphatic rings. The summed E-state index contributed by atoms with van der Waals surface area (Å²) in [4.78, 5) is 23.2. The summed E-state index contributed by atoms with van der Waals surface area (Å²) in [5.74, 6) is -1.28. The fraction of sp³-hybridized carbons (Fsp3) is 0.444. The lowest BCUT2D eigenvalue weighted by molar-refractivity contribution is -0.384. The number of allylic oxidation sites excluding steroid dienone is 2. The summed E-state index contributed by atoms with van der Waals surface area (Å²) in [5.41, 5.74) is 6.34. The fourth-order valence-electron chi connectivity index (χ4n) is 3.74. The Labute approximate surface area is 145 Å². The first-order valence-electron chi connectivity index (χ1n) is 8.05. The fourth-order valence-corrected chi connectivity index (χ4v) is 3.74. The molecule has 3 rings (SSSR count). The van der Waals surface area contributed by atoms with Crippen LogP contribution in [0, 0.1) is 38.7 Å². The Morgan fingerprint density at radius 2 is 2.00 bits per heavy atom. The van der Waals surface area contributed by atoms with Gasteiger partial charge in [-0.1, -0.05) is 26.0 Å². The van der Waals surface area contributed by atoms with Crippen LogP contribution < -0.4 is 5.73 Å². The van der Waals surface area contributed by atoms with E-state index in [1.54, 1.807) is 12.1 Å². The number of ketones is 1. The third-order valence-electron chi connectivity index (χ3n) is 4.83. The quantitative estimate of drug-likeness (QED) is 0.652. The zero-order valence-electron chi connectivity index (χ0n) is 14.0. The second-order valence-electron chi connectivity index (χ2n) is 7.27. The lowest BCUT2D eigenvalue weighted by atomic mass is 9.66. The van der Waals surface area contributed by atoms with Gasteiger partial charge in [-0.2, -0.15) is 5.26 Å². The number of Topliss-reactive ketones (excluding diaryl/α,β-unsaturated/α-hetero) is 1. The first-order chi connectivity index (χ1) is 11.7. The average Bonchev–Trinajstić information content (AvgIpc) is 2.52. The number of non-ortho nitro benzene ring substituents is 1. The van der Waals surface area contributed by atoms with Gasteiger partial charge < -0.3 is 4.74 Å². The maximum absolute atomic E-state index is 12.8. The lowest BCUT2D eigenvalue weighted by Gasteiger charge is -2.43. The standard InChI is InChI=1S/C18H19N3O4/c1-18(2)7-13(22)16-14(8-18)25-17(20)12(9-19)15(16)10-3-5-11(6-4-10)21(23)24/h3-6,8,12,15-17H,7,20H2,1-2H3. The van der Waals surface area contributed by atoms with E-state index in [2.05, 4.69) is 6.07 Å². The Balaban J connectivity index is 2.08. The van der Waals surface area contributed by atoms with Crippen molar-refractivity contribution in [1.82, 2.24) is 0 Å². The summed E-state index contributed by atoms with van der Waals surface area (Å²) in [7, 11) is 0. The van der Waals surface area contributed by atoms with Gasteiger partial charge in [-0.15, -0.1) is 0 Å². The molecule has 1 aliphatic carbocycles. The maximum Gasteiger partial charge on any atom is 0.269 e. The van der Waals surface area contributed by atoms with Gasteiger partial charge in [-0.3, -0.25) is 20.6 Å². The summed E-state index contributed by atoms with van der Waals surface area (Å²) in [6.07, 6.45) is 1.40. The van der Waals surface area contributed by atoms with Crippen molar-refractivity contribution < 1.29 is 14.5 Å². The highest BCUT2D eigenvalue weighted by Crippen LogP contribution is 2.48. The van der Waals surface area contributed by atoms with Crippen molar-refractivity contribution in [3.63, 3.8) is 0 Å². The Kier molecular flexibility index (Phi) is 4.09. The van der Waals surface area contributed by atoms with E-state index < -0.39 is 28.9 Å². The molecule has 130 valence electrons. The third-order valence-corrected chi connectivity index (χ3v) is 4.83. The molecule has 0 radical (unpaired) electrons. The molecule has 7 heteroatoms. The number of rotatable bonds is 2. The molecule has 4 unspecified atom stereocenters. The molecule has 2 N–H and O–H groups in total. The minimum absolute atomic E-state index is 0.00185. The number of nitro groups is 1. The predicted octanol–water partition coefficient (Wildman–Crippen LogP) is 2.63. The molecule has 4 atom stereocenters. The van der Waals surface area contributed by atoms with Crippen molar-refractivity contribution in [1.29, 1.82) is 5.26 Å². The summed E-state index contributed by atoms with van der Waals surface area (Å²) >= 11 is 0. The minimum Gasteiger partial charge on any atom is -0.478 e. The third kappa shape index (κ3) is 3.01. The monoisotopic (exact) mass is 341 g/mol. The van der Waals surface area contributed by atoms with E-state index >= 15 is 0 Å². The molecule has 25 heavy (non-hydrogen) atoms. The molecule has 1 aromatic rings. The second kappa shape index (κ2) is 5.97. The number of nitrogens with two attached hydrogens (primary N) is 1. The molecule has 0 spiro atoms. The number of nitro benzene ring substituents is 1. The number of nitriles is 1. The largest absolute Gasteiger partial charge is 0.478 e. The lowest BCUT2D eigenvalue weighted by Crippen LogP contribution is -2.48. The molecule has 0 saturated carbocycles. The zero-order chi connectivity index (χ0) is 18.4. The Bertz CT molecular complexity index is 792. The van der Waals surface area contributed by atoms with E-state index in [1.807, 2.05) is 19.9 Å². The van der Waals surface area contributed by atoms with E-state index in [1.165, 1.54) is 12.1 Å². The van der Waals surface area contributed by atoms with Crippen LogP contribution in [0.3, 0.4) is 0 Å². The second-order valence-corrected chi connectivity index (χ2v) is 7.27. The van der Waals surface area contributed by atoms with Crippen LogP contribution in [0.25, 0.3) is 0 Å². The highest BCUT2D eigenvalue weighted by Gasteiger charge is 2.49. The van der Waals surface area contributed by atoms with Crippen LogP contribution in [0.1, 0.15) is 31.7 Å². The summed E-state index contributed by atoms with van der Waals surface area (Å²) in [6, 6.07) is 8.10. The molecule has 1 aliphatic heterocycles. The molecule has 0 aromatic heterocycles. The first-order valence-corrected chi connectivity index (χ1v) is 8.05. The van der Waals surface area contributed by atoms with Crippen molar-refractivity contribution >= 4 is 11.5 Å². The van der Waals surface area contributed by atoms with Gasteiger partial charge in [0.05, 0.1) is 16.9 Å². The predicted molar refractivity (Wildman–Crippen MR) is 89.0 cm³/mol. The van der Waals surface area contributed by atoms with E-state index in [0.717, 1.165) is 0 Å². The van der Waals surface area contributed by atoms with E-state index in [9.17, 15) is 20.2 Å². The van der Waals surface area contributed by atoms with E-state index in [0.29, 0.717) is 17.7 Å². The molecule has 1 heterocycles. The summed E-state index contributed by atoms with van der Waals surface area (Å²) in [6.45, 7) is 3.89. The number of benzene rings is 1. The Morgan fingerprint density at radius 3 is 2.56 bits per heavy atom. The van der Waals surface area contributed by atoms with Gasteiger partial charge in [0.25, 0.3) is 5.69 Å². The van der Waals surface area contributed by atoms with Gasteiger partial charge >= 0.3 is 0 Å². The summed E-state index contributed by atoms with van der Waals surface area (Å²) in [5, 5.41) is 20.4. The van der Waals surface area contributed by atoms with Crippen molar-refractivity contribution in [2.24, 2.45) is 23.0 Å². The average molecular weight is 341 g/mol. The van der Waals surface area contributed by atoms with Crippen LogP contribution in [0.15, 0.2) is 36.1 Å². The number of carbonyl (C=O) groups is 1. The number of hydrogen-bond acceptors (Lipinski definition) is 6. The van der Waals surface area contributed by atoms with Crippen molar-refractivity contribution in [3.05, 3.63) is 51.8 Å². The normalized spacial score (nSPS) is 30.5. The van der Waals surface area contributed by atoms with Crippen LogP contribution in [-0.2, 0) is 9.53 Å². The molecular formula is C18H19N3O4. The number of nitrogens with zero attached hydrogens (tertiary/aromatic N) is 2.